The molecule has 2 aromatic heterocycles. The number of hydrogen-bond acceptors (Lipinski definition) is 6. The Kier molecular flexibility index (Phi) is 6.57. The van der Waals surface area contributed by atoms with Gasteiger partial charge in [-0.3, -0.25) is 9.36 Å². The van der Waals surface area contributed by atoms with E-state index in [1.165, 1.54) is 10.6 Å². The standard InChI is InChI=1S/C25H23F3N4O2S/c26-25(27,28)19-4-5-22-21(11-19)32(24(33)35-22)14-17-2-1-3-18(10-17)23-30-12-20(13-31-23)34-15-16-6-8-29-9-7-16/h1-5,10-13,16,29H,6-9,14-15H2. The minimum atomic E-state index is -4.47. The number of hydrogen-bond donors (Lipinski definition) is 1. The molecule has 1 saturated heterocycles. The average molecular weight is 501 g/mol. The van der Waals surface area contributed by atoms with Crippen molar-refractivity contribution in [2.24, 2.45) is 5.92 Å². The Morgan fingerprint density at radius 1 is 1.09 bits per heavy atom. The minimum Gasteiger partial charge on any atom is -0.490 e. The molecule has 0 saturated carbocycles. The molecule has 10 heteroatoms. The van der Waals surface area contributed by atoms with Gasteiger partial charge >= 0.3 is 11.0 Å². The van der Waals surface area contributed by atoms with Crippen molar-refractivity contribution in [3.8, 4) is 17.1 Å². The van der Waals surface area contributed by atoms with Crippen LogP contribution in [0.4, 0.5) is 13.2 Å². The van der Waals surface area contributed by atoms with Crippen LogP contribution in [0.15, 0.2) is 59.7 Å². The number of halogens is 3. The number of fused-ring (bicyclic) bond motifs is 1. The zero-order chi connectivity index (χ0) is 24.4. The highest BCUT2D eigenvalue weighted by Crippen LogP contribution is 2.32. The molecule has 4 aromatic rings. The van der Waals surface area contributed by atoms with Gasteiger partial charge in [0.05, 0.1) is 41.3 Å². The van der Waals surface area contributed by atoms with Crippen molar-refractivity contribution < 1.29 is 17.9 Å². The lowest BCUT2D eigenvalue weighted by Crippen LogP contribution is -2.30. The largest absolute Gasteiger partial charge is 0.490 e. The smallest absolute Gasteiger partial charge is 0.416 e. The van der Waals surface area contributed by atoms with Gasteiger partial charge in [0, 0.05) is 5.56 Å². The van der Waals surface area contributed by atoms with Crippen LogP contribution in [-0.4, -0.2) is 34.2 Å². The monoisotopic (exact) mass is 500 g/mol. The molecule has 6 nitrogen and oxygen atoms in total. The van der Waals surface area contributed by atoms with E-state index in [9.17, 15) is 18.0 Å². The fourth-order valence-electron chi connectivity index (χ4n) is 4.18. The Labute approximate surface area is 203 Å². The third-order valence-electron chi connectivity index (χ3n) is 6.09. The van der Waals surface area contributed by atoms with E-state index in [0.29, 0.717) is 28.8 Å². The van der Waals surface area contributed by atoms with Crippen LogP contribution in [0.2, 0.25) is 0 Å². The summed E-state index contributed by atoms with van der Waals surface area (Å²) >= 11 is 0.932. The molecular weight excluding hydrogens is 477 g/mol. The van der Waals surface area contributed by atoms with Gasteiger partial charge in [0.25, 0.3) is 0 Å². The molecule has 0 spiro atoms. The van der Waals surface area contributed by atoms with Gasteiger partial charge in [0.15, 0.2) is 11.6 Å². The molecule has 1 aliphatic heterocycles. The topological polar surface area (TPSA) is 69.0 Å². The number of ether oxygens (including phenoxy) is 1. The normalized spacial score (nSPS) is 14.9. The van der Waals surface area contributed by atoms with Crippen molar-refractivity contribution in [3.63, 3.8) is 0 Å². The predicted molar refractivity (Wildman–Crippen MR) is 129 cm³/mol. The van der Waals surface area contributed by atoms with Gasteiger partial charge in [-0.15, -0.1) is 0 Å². The average Bonchev–Trinajstić information content (AvgIpc) is 3.17. The Hall–Kier alpha value is -3.24. The SMILES string of the molecule is O=c1sc2ccc(C(F)(F)F)cc2n1Cc1cccc(-c2ncc(OCC3CCNCC3)cn2)c1. The first-order valence-corrected chi connectivity index (χ1v) is 12.1. The number of aromatic nitrogens is 3. The fourth-order valence-corrected chi connectivity index (χ4v) is 5.05. The van der Waals surface area contributed by atoms with Crippen LogP contribution in [0.25, 0.3) is 21.6 Å². The molecule has 0 atom stereocenters. The van der Waals surface area contributed by atoms with E-state index in [0.717, 1.165) is 60.5 Å². The lowest BCUT2D eigenvalue weighted by atomic mass is 9.99. The zero-order valence-electron chi connectivity index (χ0n) is 18.7. The summed E-state index contributed by atoms with van der Waals surface area (Å²) in [5.74, 6) is 1.64. The van der Waals surface area contributed by atoms with Crippen molar-refractivity contribution in [1.82, 2.24) is 19.9 Å². The first kappa shape index (κ1) is 23.5. The lowest BCUT2D eigenvalue weighted by Gasteiger charge is -2.22. The lowest BCUT2D eigenvalue weighted by molar-refractivity contribution is -0.137. The Morgan fingerprint density at radius 2 is 1.86 bits per heavy atom. The third kappa shape index (κ3) is 5.38. The molecular formula is C25H23F3N4O2S. The molecule has 0 bridgehead atoms. The van der Waals surface area contributed by atoms with E-state index in [2.05, 4.69) is 15.3 Å². The number of alkyl halides is 3. The summed E-state index contributed by atoms with van der Waals surface area (Å²) in [6.07, 6.45) is 0.993. The predicted octanol–water partition coefficient (Wildman–Crippen LogP) is 4.97. The van der Waals surface area contributed by atoms with E-state index in [4.69, 9.17) is 4.74 Å². The van der Waals surface area contributed by atoms with E-state index < -0.39 is 11.7 Å². The summed E-state index contributed by atoms with van der Waals surface area (Å²) < 4.78 is 47.3. The maximum atomic E-state index is 13.2. The fraction of sp³-hybridized carbons (Fsp3) is 0.320. The van der Waals surface area contributed by atoms with E-state index >= 15 is 0 Å². The number of benzene rings is 2. The van der Waals surface area contributed by atoms with Gasteiger partial charge in [0.1, 0.15) is 0 Å². The number of piperidine rings is 1. The Balaban J connectivity index is 1.33. The van der Waals surface area contributed by atoms with Crippen molar-refractivity contribution in [3.05, 3.63) is 75.7 Å². The molecule has 1 fully saturated rings. The van der Waals surface area contributed by atoms with Gasteiger partial charge in [-0.25, -0.2) is 9.97 Å². The number of nitrogens with zero attached hydrogens (tertiary/aromatic N) is 3. The van der Waals surface area contributed by atoms with Crippen LogP contribution >= 0.6 is 11.3 Å². The highest BCUT2D eigenvalue weighted by atomic mass is 32.1. The van der Waals surface area contributed by atoms with Gasteiger partial charge in [0.2, 0.25) is 0 Å². The highest BCUT2D eigenvalue weighted by molar-refractivity contribution is 7.16. The van der Waals surface area contributed by atoms with Crippen LogP contribution in [0, 0.1) is 5.92 Å². The molecule has 5 rings (SSSR count). The first-order valence-electron chi connectivity index (χ1n) is 11.3. The van der Waals surface area contributed by atoms with E-state index in [1.807, 2.05) is 24.3 Å². The van der Waals surface area contributed by atoms with Gasteiger partial charge in [-0.1, -0.05) is 29.5 Å². The molecule has 0 amide bonds. The summed E-state index contributed by atoms with van der Waals surface area (Å²) in [4.78, 5) is 21.1. The van der Waals surface area contributed by atoms with Gasteiger partial charge in [-0.05, 0) is 61.7 Å². The second-order valence-corrected chi connectivity index (χ2v) is 9.57. The maximum Gasteiger partial charge on any atom is 0.416 e. The van der Waals surface area contributed by atoms with Gasteiger partial charge < -0.3 is 10.1 Å². The van der Waals surface area contributed by atoms with E-state index in [-0.39, 0.29) is 16.9 Å². The molecule has 0 radical (unpaired) electrons. The van der Waals surface area contributed by atoms with Gasteiger partial charge in [-0.2, -0.15) is 13.2 Å². The molecule has 1 aliphatic rings. The molecule has 1 N–H and O–H groups in total. The van der Waals surface area contributed by atoms with E-state index in [1.54, 1.807) is 12.4 Å². The van der Waals surface area contributed by atoms with Crippen LogP contribution in [0.1, 0.15) is 24.0 Å². The minimum absolute atomic E-state index is 0.144. The van der Waals surface area contributed by atoms with Crippen LogP contribution in [0.5, 0.6) is 5.75 Å². The summed E-state index contributed by atoms with van der Waals surface area (Å²) in [7, 11) is 0. The molecule has 3 heterocycles. The molecule has 182 valence electrons. The van der Waals surface area contributed by atoms with Crippen molar-refractivity contribution in [2.75, 3.05) is 19.7 Å². The number of nitrogens with one attached hydrogen (secondary N) is 1. The molecule has 35 heavy (non-hydrogen) atoms. The van der Waals surface area contributed by atoms with Crippen LogP contribution in [-0.2, 0) is 12.7 Å². The van der Waals surface area contributed by atoms with Crippen LogP contribution in [0.3, 0.4) is 0 Å². The molecule has 2 aromatic carbocycles. The molecule has 0 unspecified atom stereocenters. The van der Waals surface area contributed by atoms with Crippen molar-refractivity contribution in [1.29, 1.82) is 0 Å². The summed E-state index contributed by atoms with van der Waals surface area (Å²) in [5, 5.41) is 3.33. The number of rotatable bonds is 6. The third-order valence-corrected chi connectivity index (χ3v) is 7.05. The quantitative estimate of drug-likeness (QED) is 0.405. The molecule has 0 aliphatic carbocycles. The summed E-state index contributed by atoms with van der Waals surface area (Å²) in [6.45, 7) is 2.80. The second-order valence-electron chi connectivity index (χ2n) is 8.58. The number of thiazole rings is 1. The van der Waals surface area contributed by atoms with Crippen molar-refractivity contribution >= 4 is 21.6 Å². The summed E-state index contributed by atoms with van der Waals surface area (Å²) in [6, 6.07) is 10.7. The van der Waals surface area contributed by atoms with Crippen LogP contribution < -0.4 is 14.9 Å². The van der Waals surface area contributed by atoms with Crippen molar-refractivity contribution in [2.45, 2.75) is 25.6 Å². The zero-order valence-corrected chi connectivity index (χ0v) is 19.5. The first-order chi connectivity index (χ1) is 16.9. The Morgan fingerprint density at radius 3 is 2.60 bits per heavy atom. The highest BCUT2D eigenvalue weighted by Gasteiger charge is 2.31. The maximum absolute atomic E-state index is 13.2. The Bertz CT molecular complexity index is 1380. The summed E-state index contributed by atoms with van der Waals surface area (Å²) in [5.41, 5.74) is 1.00. The second kappa shape index (κ2) is 9.79.